The van der Waals surface area contributed by atoms with Crippen molar-refractivity contribution in [1.82, 2.24) is 4.90 Å². The summed E-state index contributed by atoms with van der Waals surface area (Å²) < 4.78 is 12.6. The average molecular weight is 208 g/mol. The minimum absolute atomic E-state index is 0.0145. The molecule has 1 heterocycles. The summed E-state index contributed by atoms with van der Waals surface area (Å²) in [4.78, 5) is 13.2. The largest absolute Gasteiger partial charge is 0.337 e. The molecule has 2 rings (SSSR count). The lowest BCUT2D eigenvalue weighted by atomic mass is 10.2. The van der Waals surface area contributed by atoms with Crippen LogP contribution in [-0.2, 0) is 11.3 Å². The van der Waals surface area contributed by atoms with E-state index in [0.717, 1.165) is 5.56 Å². The Morgan fingerprint density at radius 2 is 2.07 bits per heavy atom. The Kier molecular flexibility index (Phi) is 2.68. The molecule has 0 radical (unpaired) electrons. The number of nitrogens with two attached hydrogens (primary N) is 1. The minimum Gasteiger partial charge on any atom is -0.337 e. The average Bonchev–Trinajstić information content (AvgIpc) is 2.53. The van der Waals surface area contributed by atoms with Gasteiger partial charge in [-0.1, -0.05) is 12.1 Å². The summed E-state index contributed by atoms with van der Waals surface area (Å²) in [6.07, 6.45) is 0.708. The van der Waals surface area contributed by atoms with E-state index in [0.29, 0.717) is 19.5 Å². The predicted octanol–water partition coefficient (Wildman–Crippen LogP) is 0.885. The Morgan fingerprint density at radius 1 is 1.40 bits per heavy atom. The molecule has 1 aliphatic rings. The van der Waals surface area contributed by atoms with Crippen molar-refractivity contribution in [3.63, 3.8) is 0 Å². The first-order chi connectivity index (χ1) is 7.16. The van der Waals surface area contributed by atoms with Crippen molar-refractivity contribution >= 4 is 5.91 Å². The Morgan fingerprint density at radius 3 is 2.60 bits per heavy atom. The second-order valence-electron chi connectivity index (χ2n) is 3.78. The van der Waals surface area contributed by atoms with E-state index in [1.807, 2.05) is 0 Å². The molecule has 1 aliphatic heterocycles. The molecule has 15 heavy (non-hydrogen) atoms. The number of benzene rings is 1. The van der Waals surface area contributed by atoms with Gasteiger partial charge in [0.05, 0.1) is 6.04 Å². The molecule has 0 bridgehead atoms. The van der Waals surface area contributed by atoms with Crippen LogP contribution in [0.1, 0.15) is 12.0 Å². The molecule has 1 aromatic carbocycles. The SMILES string of the molecule is N[C@@H]1CCN(Cc2ccc(F)cc2)C1=O. The Bertz CT molecular complexity index is 363. The lowest BCUT2D eigenvalue weighted by molar-refractivity contribution is -0.129. The first-order valence-corrected chi connectivity index (χ1v) is 4.95. The number of nitrogens with zero attached hydrogens (tertiary/aromatic N) is 1. The highest BCUT2D eigenvalue weighted by atomic mass is 19.1. The number of halogens is 1. The first-order valence-electron chi connectivity index (χ1n) is 4.95. The van der Waals surface area contributed by atoms with E-state index in [1.165, 1.54) is 12.1 Å². The number of amides is 1. The first kappa shape index (κ1) is 10.1. The zero-order valence-corrected chi connectivity index (χ0v) is 8.32. The van der Waals surface area contributed by atoms with E-state index in [-0.39, 0.29) is 17.8 Å². The van der Waals surface area contributed by atoms with Crippen molar-refractivity contribution in [3.8, 4) is 0 Å². The van der Waals surface area contributed by atoms with Crippen LogP contribution >= 0.6 is 0 Å². The maximum absolute atomic E-state index is 12.6. The fraction of sp³-hybridized carbons (Fsp3) is 0.364. The Hall–Kier alpha value is -1.42. The standard InChI is InChI=1S/C11H13FN2O/c12-9-3-1-8(2-4-9)7-14-6-5-10(13)11(14)15/h1-4,10H,5-7,13H2/t10-/m1/s1. The Balaban J connectivity index is 2.03. The fourth-order valence-corrected chi connectivity index (χ4v) is 1.73. The maximum Gasteiger partial charge on any atom is 0.239 e. The highest BCUT2D eigenvalue weighted by Crippen LogP contribution is 2.13. The predicted molar refractivity (Wildman–Crippen MR) is 54.4 cm³/mol. The third kappa shape index (κ3) is 2.15. The molecular formula is C11H13FN2O. The van der Waals surface area contributed by atoms with Crippen LogP contribution in [0.25, 0.3) is 0 Å². The number of hydrogen-bond donors (Lipinski definition) is 1. The van der Waals surface area contributed by atoms with E-state index < -0.39 is 0 Å². The smallest absolute Gasteiger partial charge is 0.239 e. The summed E-state index contributed by atoms with van der Waals surface area (Å²) in [6, 6.07) is 5.82. The van der Waals surface area contributed by atoms with Crippen molar-refractivity contribution in [2.45, 2.75) is 19.0 Å². The van der Waals surface area contributed by atoms with Crippen LogP contribution < -0.4 is 5.73 Å². The van der Waals surface area contributed by atoms with Crippen LogP contribution in [-0.4, -0.2) is 23.4 Å². The van der Waals surface area contributed by atoms with Gasteiger partial charge < -0.3 is 10.6 Å². The van der Waals surface area contributed by atoms with E-state index in [1.54, 1.807) is 17.0 Å². The molecule has 80 valence electrons. The molecule has 1 saturated heterocycles. The zero-order chi connectivity index (χ0) is 10.8. The van der Waals surface area contributed by atoms with Crippen molar-refractivity contribution in [3.05, 3.63) is 35.6 Å². The molecule has 0 spiro atoms. The van der Waals surface area contributed by atoms with Crippen molar-refractivity contribution in [1.29, 1.82) is 0 Å². The third-order valence-electron chi connectivity index (χ3n) is 2.63. The summed E-state index contributed by atoms with van der Waals surface area (Å²) in [6.45, 7) is 1.21. The lowest BCUT2D eigenvalue weighted by Crippen LogP contribution is -2.33. The van der Waals surface area contributed by atoms with Crippen LogP contribution in [0.2, 0.25) is 0 Å². The molecule has 0 unspecified atom stereocenters. The molecule has 1 fully saturated rings. The molecule has 0 saturated carbocycles. The monoisotopic (exact) mass is 208 g/mol. The van der Waals surface area contributed by atoms with Crippen LogP contribution in [0, 0.1) is 5.82 Å². The second-order valence-corrected chi connectivity index (χ2v) is 3.78. The zero-order valence-electron chi connectivity index (χ0n) is 8.32. The van der Waals surface area contributed by atoms with Gasteiger partial charge >= 0.3 is 0 Å². The highest BCUT2D eigenvalue weighted by molar-refractivity contribution is 5.83. The van der Waals surface area contributed by atoms with Crippen molar-refractivity contribution < 1.29 is 9.18 Å². The van der Waals surface area contributed by atoms with Gasteiger partial charge in [-0.3, -0.25) is 4.79 Å². The topological polar surface area (TPSA) is 46.3 Å². The van der Waals surface area contributed by atoms with E-state index >= 15 is 0 Å². The molecule has 3 nitrogen and oxygen atoms in total. The minimum atomic E-state index is -0.356. The van der Waals surface area contributed by atoms with Crippen LogP contribution in [0.5, 0.6) is 0 Å². The summed E-state index contributed by atoms with van der Waals surface area (Å²) >= 11 is 0. The van der Waals surface area contributed by atoms with E-state index in [4.69, 9.17) is 5.73 Å². The molecule has 4 heteroatoms. The molecule has 1 aromatic rings. The van der Waals surface area contributed by atoms with E-state index in [9.17, 15) is 9.18 Å². The summed E-state index contributed by atoms with van der Waals surface area (Å²) in [5.41, 5.74) is 6.52. The van der Waals surface area contributed by atoms with Crippen LogP contribution in [0.15, 0.2) is 24.3 Å². The summed E-state index contributed by atoms with van der Waals surface area (Å²) in [7, 11) is 0. The van der Waals surface area contributed by atoms with E-state index in [2.05, 4.69) is 0 Å². The van der Waals surface area contributed by atoms with Crippen molar-refractivity contribution in [2.75, 3.05) is 6.54 Å². The van der Waals surface area contributed by atoms with Gasteiger partial charge in [-0.2, -0.15) is 0 Å². The Labute approximate surface area is 87.7 Å². The number of carbonyl (C=O) groups is 1. The third-order valence-corrected chi connectivity index (χ3v) is 2.63. The quantitative estimate of drug-likeness (QED) is 0.784. The summed E-state index contributed by atoms with van der Waals surface area (Å²) in [5, 5.41) is 0. The highest BCUT2D eigenvalue weighted by Gasteiger charge is 2.27. The number of carbonyl (C=O) groups excluding carboxylic acids is 1. The van der Waals surface area contributed by atoms with Gasteiger partial charge in [-0.15, -0.1) is 0 Å². The van der Waals surface area contributed by atoms with Crippen LogP contribution in [0.4, 0.5) is 4.39 Å². The van der Waals surface area contributed by atoms with Gasteiger partial charge in [0, 0.05) is 13.1 Å². The molecule has 0 aliphatic carbocycles. The van der Waals surface area contributed by atoms with Gasteiger partial charge in [-0.25, -0.2) is 4.39 Å². The second kappa shape index (κ2) is 3.98. The van der Waals surface area contributed by atoms with Crippen LogP contribution in [0.3, 0.4) is 0 Å². The fourth-order valence-electron chi connectivity index (χ4n) is 1.73. The maximum atomic E-state index is 12.6. The van der Waals surface area contributed by atoms with Gasteiger partial charge in [0.15, 0.2) is 0 Å². The normalized spacial score (nSPS) is 21.1. The number of likely N-dealkylation sites (tertiary alicyclic amines) is 1. The van der Waals surface area contributed by atoms with Gasteiger partial charge in [0.2, 0.25) is 5.91 Å². The van der Waals surface area contributed by atoms with Gasteiger partial charge in [0.25, 0.3) is 0 Å². The molecule has 0 aromatic heterocycles. The number of hydrogen-bond acceptors (Lipinski definition) is 2. The number of rotatable bonds is 2. The molecule has 1 amide bonds. The van der Waals surface area contributed by atoms with Crippen molar-refractivity contribution in [2.24, 2.45) is 5.73 Å². The molecule has 1 atom stereocenters. The van der Waals surface area contributed by atoms with Gasteiger partial charge in [-0.05, 0) is 24.1 Å². The summed E-state index contributed by atoms with van der Waals surface area (Å²) in [5.74, 6) is -0.275. The lowest BCUT2D eigenvalue weighted by Gasteiger charge is -2.15. The van der Waals surface area contributed by atoms with Gasteiger partial charge in [0.1, 0.15) is 5.82 Å². The molecule has 2 N–H and O–H groups in total. The molecular weight excluding hydrogens is 195 g/mol.